The zero-order valence-electron chi connectivity index (χ0n) is 16.9. The number of methoxy groups -OCH3 is 2. The second-order valence-corrected chi connectivity index (χ2v) is 8.42. The quantitative estimate of drug-likeness (QED) is 0.459. The van der Waals surface area contributed by atoms with E-state index in [1.807, 2.05) is 24.3 Å². The van der Waals surface area contributed by atoms with Gasteiger partial charge in [0.15, 0.2) is 0 Å². The Kier molecular flexibility index (Phi) is 7.81. The molecule has 2 aromatic carbocycles. The molecule has 29 heavy (non-hydrogen) atoms. The first-order valence-electron chi connectivity index (χ1n) is 8.86. The van der Waals surface area contributed by atoms with E-state index in [1.165, 1.54) is 39.4 Å². The normalized spacial score (nSPS) is 11.6. The number of sulfonamides is 1. The topological polar surface area (TPSA) is 82.1 Å². The number of hydrogen-bond donors (Lipinski definition) is 0. The number of nitrogens with zero attached hydrogens (tertiary/aromatic N) is 1. The monoisotopic (exact) mass is 419 g/mol. The van der Waals surface area contributed by atoms with E-state index in [9.17, 15) is 13.2 Å². The molecule has 0 unspecified atom stereocenters. The Hall–Kier alpha value is -2.84. The van der Waals surface area contributed by atoms with Crippen molar-refractivity contribution in [3.63, 3.8) is 0 Å². The molecule has 0 aliphatic carbocycles. The lowest BCUT2D eigenvalue weighted by Gasteiger charge is -2.14. The summed E-state index contributed by atoms with van der Waals surface area (Å²) >= 11 is 0. The summed E-state index contributed by atoms with van der Waals surface area (Å²) in [6, 6.07) is 12.2. The third-order valence-electron chi connectivity index (χ3n) is 4.15. The van der Waals surface area contributed by atoms with Crippen LogP contribution in [0.5, 0.6) is 11.5 Å². The summed E-state index contributed by atoms with van der Waals surface area (Å²) in [5.74, 6) is 0.494. The second kappa shape index (κ2) is 10.1. The van der Waals surface area contributed by atoms with Gasteiger partial charge in [-0.1, -0.05) is 18.2 Å². The van der Waals surface area contributed by atoms with Crippen LogP contribution in [-0.4, -0.2) is 53.6 Å². The van der Waals surface area contributed by atoms with Crippen molar-refractivity contribution in [1.82, 2.24) is 4.31 Å². The number of ether oxygens (including phenoxy) is 3. The highest BCUT2D eigenvalue weighted by Gasteiger charge is 2.22. The maximum atomic E-state index is 12.4. The minimum atomic E-state index is -3.68. The number of carbonyl (C=O) groups is 1. The Morgan fingerprint density at radius 3 is 2.31 bits per heavy atom. The van der Waals surface area contributed by atoms with Crippen LogP contribution in [0.25, 0.3) is 6.08 Å². The number of rotatable bonds is 9. The van der Waals surface area contributed by atoms with Crippen molar-refractivity contribution in [3.05, 3.63) is 59.7 Å². The van der Waals surface area contributed by atoms with Gasteiger partial charge in [0.25, 0.3) is 0 Å². The lowest BCUT2D eigenvalue weighted by atomic mass is 10.1. The summed E-state index contributed by atoms with van der Waals surface area (Å²) in [5, 5.41) is 0. The van der Waals surface area contributed by atoms with E-state index in [0.29, 0.717) is 12.0 Å². The lowest BCUT2D eigenvalue weighted by molar-refractivity contribution is -0.137. The average molecular weight is 419 g/mol. The largest absolute Gasteiger partial charge is 0.497 e. The molecular weight excluding hydrogens is 394 g/mol. The van der Waals surface area contributed by atoms with Crippen LogP contribution in [0, 0.1) is 0 Å². The minimum Gasteiger partial charge on any atom is -0.497 e. The summed E-state index contributed by atoms with van der Waals surface area (Å²) in [4.78, 5) is 12.0. The molecule has 156 valence electrons. The van der Waals surface area contributed by atoms with E-state index >= 15 is 0 Å². The van der Waals surface area contributed by atoms with Crippen LogP contribution in [-0.2, 0) is 26.0 Å². The third-order valence-corrected chi connectivity index (χ3v) is 5.99. The fourth-order valence-corrected chi connectivity index (χ4v) is 3.55. The molecule has 0 atom stereocenters. The van der Waals surface area contributed by atoms with Crippen molar-refractivity contribution in [2.45, 2.75) is 11.3 Å². The van der Waals surface area contributed by atoms with Gasteiger partial charge >= 0.3 is 5.97 Å². The molecule has 0 N–H and O–H groups in total. The Bertz CT molecular complexity index is 965. The van der Waals surface area contributed by atoms with E-state index in [4.69, 9.17) is 14.2 Å². The molecule has 0 fully saturated rings. The average Bonchev–Trinajstić information content (AvgIpc) is 2.72. The van der Waals surface area contributed by atoms with Gasteiger partial charge < -0.3 is 14.2 Å². The standard InChI is InChI=1S/C21H25NO6S/c1-22(2)29(24,25)20-15-17(7-11-19(20)27-4)8-12-21(23)28-14-13-16-5-9-18(26-3)10-6-16/h5-12,15H,13-14H2,1-4H3/b12-8+. The fraction of sp³-hybridized carbons (Fsp3) is 0.286. The molecule has 0 bridgehead atoms. The molecule has 2 aromatic rings. The number of hydrogen-bond acceptors (Lipinski definition) is 6. The van der Waals surface area contributed by atoms with Gasteiger partial charge in [-0.3, -0.25) is 0 Å². The molecule has 0 aliphatic heterocycles. The van der Waals surface area contributed by atoms with Crippen LogP contribution in [0.15, 0.2) is 53.4 Å². The molecule has 0 saturated heterocycles. The summed E-state index contributed by atoms with van der Waals surface area (Å²) in [6.45, 7) is 0.234. The van der Waals surface area contributed by atoms with Crippen LogP contribution in [0.1, 0.15) is 11.1 Å². The van der Waals surface area contributed by atoms with Gasteiger partial charge in [0.1, 0.15) is 16.4 Å². The zero-order valence-corrected chi connectivity index (χ0v) is 17.7. The number of benzene rings is 2. The van der Waals surface area contributed by atoms with Crippen LogP contribution in [0.2, 0.25) is 0 Å². The summed E-state index contributed by atoms with van der Waals surface area (Å²) in [7, 11) is 2.21. The zero-order chi connectivity index (χ0) is 21.4. The van der Waals surface area contributed by atoms with Crippen molar-refractivity contribution in [2.75, 3.05) is 34.9 Å². The minimum absolute atomic E-state index is 0.0278. The molecule has 7 nitrogen and oxygen atoms in total. The van der Waals surface area contributed by atoms with Crippen LogP contribution >= 0.6 is 0 Å². The Morgan fingerprint density at radius 2 is 1.72 bits per heavy atom. The van der Waals surface area contributed by atoms with E-state index in [1.54, 1.807) is 19.2 Å². The van der Waals surface area contributed by atoms with Gasteiger partial charge in [-0.15, -0.1) is 0 Å². The van der Waals surface area contributed by atoms with Crippen molar-refractivity contribution < 1.29 is 27.4 Å². The first-order chi connectivity index (χ1) is 13.8. The molecule has 0 amide bonds. The number of carbonyl (C=O) groups excluding carboxylic acids is 1. The van der Waals surface area contributed by atoms with E-state index in [2.05, 4.69) is 0 Å². The van der Waals surface area contributed by atoms with Crippen molar-refractivity contribution >= 4 is 22.1 Å². The van der Waals surface area contributed by atoms with E-state index in [0.717, 1.165) is 15.6 Å². The van der Waals surface area contributed by atoms with Gasteiger partial charge in [0, 0.05) is 26.6 Å². The maximum Gasteiger partial charge on any atom is 0.330 e. The Balaban J connectivity index is 2.00. The first kappa shape index (κ1) is 22.4. The van der Waals surface area contributed by atoms with Gasteiger partial charge in [-0.2, -0.15) is 0 Å². The molecule has 0 radical (unpaired) electrons. The van der Waals surface area contributed by atoms with E-state index < -0.39 is 16.0 Å². The molecule has 0 aromatic heterocycles. The highest BCUT2D eigenvalue weighted by Crippen LogP contribution is 2.27. The van der Waals surface area contributed by atoms with Crippen LogP contribution in [0.4, 0.5) is 0 Å². The van der Waals surface area contributed by atoms with Crippen LogP contribution < -0.4 is 9.47 Å². The van der Waals surface area contributed by atoms with Crippen molar-refractivity contribution in [2.24, 2.45) is 0 Å². The predicted octanol–water partition coefficient (Wildman–Crippen LogP) is 2.75. The summed E-state index contributed by atoms with van der Waals surface area (Å²) in [6.07, 6.45) is 3.35. The molecule has 0 saturated carbocycles. The number of esters is 1. The first-order valence-corrected chi connectivity index (χ1v) is 10.3. The Morgan fingerprint density at radius 1 is 1.03 bits per heavy atom. The molecule has 0 aliphatic rings. The summed E-state index contributed by atoms with van der Waals surface area (Å²) < 4.78 is 41.4. The molecular formula is C21H25NO6S. The second-order valence-electron chi connectivity index (χ2n) is 6.30. The highest BCUT2D eigenvalue weighted by molar-refractivity contribution is 7.89. The predicted molar refractivity (Wildman–Crippen MR) is 111 cm³/mol. The SMILES string of the molecule is COc1ccc(CCOC(=O)/C=C/c2ccc(OC)c(S(=O)(=O)N(C)C)c2)cc1. The highest BCUT2D eigenvalue weighted by atomic mass is 32.2. The Labute approximate surface area is 171 Å². The van der Waals surface area contributed by atoms with Gasteiger partial charge in [-0.25, -0.2) is 17.5 Å². The van der Waals surface area contributed by atoms with Crippen LogP contribution in [0.3, 0.4) is 0 Å². The summed E-state index contributed by atoms with van der Waals surface area (Å²) in [5.41, 5.74) is 1.56. The van der Waals surface area contributed by atoms with Crippen molar-refractivity contribution in [1.29, 1.82) is 0 Å². The molecule has 0 heterocycles. The molecule has 2 rings (SSSR count). The van der Waals surface area contributed by atoms with E-state index in [-0.39, 0.29) is 17.3 Å². The molecule has 8 heteroatoms. The smallest absolute Gasteiger partial charge is 0.330 e. The fourth-order valence-electron chi connectivity index (χ4n) is 2.47. The third kappa shape index (κ3) is 6.07. The van der Waals surface area contributed by atoms with Crippen molar-refractivity contribution in [3.8, 4) is 11.5 Å². The maximum absolute atomic E-state index is 12.4. The lowest BCUT2D eigenvalue weighted by Crippen LogP contribution is -2.22. The van der Waals surface area contributed by atoms with Gasteiger partial charge in [-0.05, 0) is 41.5 Å². The van der Waals surface area contributed by atoms with Gasteiger partial charge in [0.2, 0.25) is 10.0 Å². The van der Waals surface area contributed by atoms with Gasteiger partial charge in [0.05, 0.1) is 20.8 Å². The molecule has 0 spiro atoms.